The molecule has 1 aromatic carbocycles. The van der Waals surface area contributed by atoms with E-state index >= 15 is 0 Å². The Morgan fingerprint density at radius 1 is 1.56 bits per heavy atom. The first kappa shape index (κ1) is 14.6. The molecule has 0 radical (unpaired) electrons. The molecule has 1 aromatic rings. The lowest BCUT2D eigenvalue weighted by Crippen LogP contribution is -2.62. The van der Waals surface area contributed by atoms with Crippen LogP contribution in [0.2, 0.25) is 0 Å². The van der Waals surface area contributed by atoms with Crippen molar-refractivity contribution >= 4 is 44.2 Å². The summed E-state index contributed by atoms with van der Waals surface area (Å²) in [4.78, 5) is 2.51. The van der Waals surface area contributed by atoms with E-state index in [2.05, 4.69) is 87.7 Å². The average Bonchev–Trinajstić information content (AvgIpc) is 2.36. The second-order valence-corrected chi connectivity index (χ2v) is 7.39. The number of piperazine rings is 1. The van der Waals surface area contributed by atoms with Crippen LogP contribution < -0.4 is 10.2 Å². The Morgan fingerprint density at radius 2 is 2.28 bits per heavy atom. The van der Waals surface area contributed by atoms with Crippen molar-refractivity contribution in [2.45, 2.75) is 38.8 Å². The van der Waals surface area contributed by atoms with E-state index in [1.165, 1.54) is 13.7 Å². The highest BCUT2D eigenvalue weighted by Crippen LogP contribution is 2.29. The van der Waals surface area contributed by atoms with Gasteiger partial charge in [0.05, 0.1) is 0 Å². The summed E-state index contributed by atoms with van der Waals surface area (Å²) in [5.41, 5.74) is 1.54. The van der Waals surface area contributed by atoms with E-state index < -0.39 is 0 Å². The van der Waals surface area contributed by atoms with Crippen LogP contribution >= 0.6 is 38.5 Å². The van der Waals surface area contributed by atoms with Crippen molar-refractivity contribution in [1.29, 1.82) is 0 Å². The van der Waals surface area contributed by atoms with Crippen molar-refractivity contribution in [2.75, 3.05) is 18.0 Å². The van der Waals surface area contributed by atoms with Gasteiger partial charge in [-0.15, -0.1) is 0 Å². The summed E-state index contributed by atoms with van der Waals surface area (Å²) >= 11 is 5.98. The maximum absolute atomic E-state index is 3.67. The quantitative estimate of drug-likeness (QED) is 0.724. The Morgan fingerprint density at radius 3 is 2.89 bits per heavy atom. The molecule has 18 heavy (non-hydrogen) atoms. The van der Waals surface area contributed by atoms with Gasteiger partial charge in [0.2, 0.25) is 0 Å². The summed E-state index contributed by atoms with van der Waals surface area (Å²) in [7, 11) is 0. The van der Waals surface area contributed by atoms with Crippen molar-refractivity contribution < 1.29 is 0 Å². The van der Waals surface area contributed by atoms with Gasteiger partial charge >= 0.3 is 0 Å². The lowest BCUT2D eigenvalue weighted by molar-refractivity contribution is 0.285. The molecule has 0 bridgehead atoms. The molecule has 100 valence electrons. The standard InChI is InChI=1S/C14H20BrIN2/c1-4-14(3)9-18(10(2)8-17-14)11-5-6-13(16)12(15)7-11/h5-7,10,17H,4,8-9H2,1-3H3. The van der Waals surface area contributed by atoms with Crippen LogP contribution in [0.1, 0.15) is 27.2 Å². The van der Waals surface area contributed by atoms with Gasteiger partial charge < -0.3 is 10.2 Å². The van der Waals surface area contributed by atoms with Gasteiger partial charge in [0.25, 0.3) is 0 Å². The summed E-state index contributed by atoms with van der Waals surface area (Å²) in [5.74, 6) is 0. The molecule has 0 amide bonds. The summed E-state index contributed by atoms with van der Waals surface area (Å²) in [6.45, 7) is 8.97. The zero-order chi connectivity index (χ0) is 13.3. The SMILES string of the molecule is CCC1(C)CN(c2ccc(I)c(Br)c2)C(C)CN1. The van der Waals surface area contributed by atoms with E-state index in [4.69, 9.17) is 0 Å². The molecule has 1 aliphatic rings. The number of anilines is 1. The smallest absolute Gasteiger partial charge is 0.0387 e. The van der Waals surface area contributed by atoms with Crippen molar-refractivity contribution in [1.82, 2.24) is 5.32 Å². The van der Waals surface area contributed by atoms with E-state index in [-0.39, 0.29) is 5.54 Å². The highest BCUT2D eigenvalue weighted by molar-refractivity contribution is 14.1. The van der Waals surface area contributed by atoms with E-state index in [0.717, 1.165) is 19.5 Å². The molecule has 1 fully saturated rings. The molecular weight excluding hydrogens is 403 g/mol. The first-order valence-electron chi connectivity index (χ1n) is 6.42. The Kier molecular flexibility index (Phi) is 4.60. The van der Waals surface area contributed by atoms with E-state index in [9.17, 15) is 0 Å². The van der Waals surface area contributed by atoms with Crippen molar-refractivity contribution in [3.63, 3.8) is 0 Å². The maximum Gasteiger partial charge on any atom is 0.0387 e. The van der Waals surface area contributed by atoms with Crippen molar-refractivity contribution in [3.8, 4) is 0 Å². The molecule has 2 atom stereocenters. The summed E-state index contributed by atoms with van der Waals surface area (Å²) in [6, 6.07) is 7.18. The van der Waals surface area contributed by atoms with Gasteiger partial charge in [-0.1, -0.05) is 6.92 Å². The third kappa shape index (κ3) is 3.02. The van der Waals surface area contributed by atoms with Crippen LogP contribution in [-0.2, 0) is 0 Å². The highest BCUT2D eigenvalue weighted by Gasteiger charge is 2.32. The van der Waals surface area contributed by atoms with Gasteiger partial charge in [-0.3, -0.25) is 0 Å². The molecule has 0 aliphatic carbocycles. The highest BCUT2D eigenvalue weighted by atomic mass is 127. The molecular formula is C14H20BrIN2. The Balaban J connectivity index is 2.27. The monoisotopic (exact) mass is 422 g/mol. The number of nitrogens with one attached hydrogen (secondary N) is 1. The van der Waals surface area contributed by atoms with Crippen LogP contribution in [0.25, 0.3) is 0 Å². The predicted molar refractivity (Wildman–Crippen MR) is 90.4 cm³/mol. The first-order chi connectivity index (χ1) is 8.45. The first-order valence-corrected chi connectivity index (χ1v) is 8.29. The number of halogens is 2. The number of nitrogens with zero attached hydrogens (tertiary/aromatic N) is 1. The van der Waals surface area contributed by atoms with Crippen LogP contribution in [-0.4, -0.2) is 24.7 Å². The Hall–Kier alpha value is 0.190. The van der Waals surface area contributed by atoms with Crippen LogP contribution in [0.4, 0.5) is 5.69 Å². The van der Waals surface area contributed by atoms with E-state index in [1.54, 1.807) is 0 Å². The van der Waals surface area contributed by atoms with Crippen LogP contribution in [0.15, 0.2) is 22.7 Å². The van der Waals surface area contributed by atoms with Gasteiger partial charge in [-0.05, 0) is 77.0 Å². The van der Waals surface area contributed by atoms with Crippen LogP contribution in [0.5, 0.6) is 0 Å². The molecule has 2 rings (SSSR count). The lowest BCUT2D eigenvalue weighted by atomic mass is 9.93. The minimum atomic E-state index is 0.224. The Bertz CT molecular complexity index is 438. The molecule has 4 heteroatoms. The molecule has 1 aliphatic heterocycles. The molecule has 1 saturated heterocycles. The van der Waals surface area contributed by atoms with Crippen LogP contribution in [0, 0.1) is 3.57 Å². The lowest BCUT2D eigenvalue weighted by Gasteiger charge is -2.46. The zero-order valence-electron chi connectivity index (χ0n) is 11.1. The van der Waals surface area contributed by atoms with Crippen molar-refractivity contribution in [3.05, 3.63) is 26.2 Å². The molecule has 1 heterocycles. The normalized spacial score (nSPS) is 28.5. The summed E-state index contributed by atoms with van der Waals surface area (Å²) in [5, 5.41) is 3.67. The van der Waals surface area contributed by atoms with Gasteiger partial charge in [-0.25, -0.2) is 0 Å². The summed E-state index contributed by atoms with van der Waals surface area (Å²) in [6.07, 6.45) is 1.15. The van der Waals surface area contributed by atoms with Gasteiger partial charge in [0, 0.05) is 38.4 Å². The van der Waals surface area contributed by atoms with Crippen molar-refractivity contribution in [2.24, 2.45) is 0 Å². The topological polar surface area (TPSA) is 15.3 Å². The van der Waals surface area contributed by atoms with Gasteiger partial charge in [-0.2, -0.15) is 0 Å². The number of hydrogen-bond donors (Lipinski definition) is 1. The molecule has 0 spiro atoms. The summed E-state index contributed by atoms with van der Waals surface area (Å²) < 4.78 is 2.45. The molecule has 2 unspecified atom stereocenters. The van der Waals surface area contributed by atoms with E-state index in [1.807, 2.05) is 0 Å². The number of benzene rings is 1. The zero-order valence-corrected chi connectivity index (χ0v) is 14.9. The number of hydrogen-bond acceptors (Lipinski definition) is 2. The van der Waals surface area contributed by atoms with Gasteiger partial charge in [0.15, 0.2) is 0 Å². The van der Waals surface area contributed by atoms with Crippen LogP contribution in [0.3, 0.4) is 0 Å². The average molecular weight is 423 g/mol. The molecule has 0 saturated carbocycles. The Labute approximate surface area is 132 Å². The largest absolute Gasteiger partial charge is 0.366 e. The maximum atomic E-state index is 3.67. The fourth-order valence-corrected chi connectivity index (χ4v) is 3.04. The van der Waals surface area contributed by atoms with E-state index in [0.29, 0.717) is 6.04 Å². The fourth-order valence-electron chi connectivity index (χ4n) is 2.34. The number of rotatable bonds is 2. The minimum absolute atomic E-state index is 0.224. The second kappa shape index (κ2) is 5.67. The predicted octanol–water partition coefficient (Wildman–Crippen LogP) is 4.02. The third-order valence-corrected chi connectivity index (χ3v) is 6.23. The molecule has 1 N–H and O–H groups in total. The minimum Gasteiger partial charge on any atom is -0.366 e. The second-order valence-electron chi connectivity index (χ2n) is 5.37. The third-order valence-electron chi connectivity index (χ3n) is 3.89. The fraction of sp³-hybridized carbons (Fsp3) is 0.571. The molecule has 0 aromatic heterocycles. The van der Waals surface area contributed by atoms with Gasteiger partial charge in [0.1, 0.15) is 0 Å². The molecule has 2 nitrogen and oxygen atoms in total.